The van der Waals surface area contributed by atoms with E-state index in [1.807, 2.05) is 0 Å². The Morgan fingerprint density at radius 1 is 0.939 bits per heavy atom. The normalized spacial score (nSPS) is 27.5. The van der Waals surface area contributed by atoms with E-state index >= 15 is 0 Å². The molecule has 0 aliphatic heterocycles. The number of benzene rings is 2. The number of rotatable bonds is 3. The maximum atomic E-state index is 6.31. The molecule has 33 heavy (non-hydrogen) atoms. The van der Waals surface area contributed by atoms with E-state index in [0.29, 0.717) is 17.9 Å². The van der Waals surface area contributed by atoms with Gasteiger partial charge in [-0.25, -0.2) is 0 Å². The van der Waals surface area contributed by atoms with Crippen LogP contribution < -0.4 is 4.74 Å². The molecule has 2 aromatic rings. The minimum absolute atomic E-state index is 0.00103. The van der Waals surface area contributed by atoms with Crippen molar-refractivity contribution in [3.05, 3.63) is 76.9 Å². The summed E-state index contributed by atoms with van der Waals surface area (Å²) in [5.74, 6) is 3.80. The molecule has 2 aromatic carbocycles. The molecule has 4 unspecified atom stereocenters. The predicted octanol–water partition coefficient (Wildman–Crippen LogP) is 7.59. The third-order valence-electron chi connectivity index (χ3n) is 8.33. The van der Waals surface area contributed by atoms with Crippen molar-refractivity contribution in [2.24, 2.45) is 17.8 Å². The highest BCUT2D eigenvalue weighted by Crippen LogP contribution is 2.56. The van der Waals surface area contributed by atoms with Crippen molar-refractivity contribution in [1.29, 1.82) is 0 Å². The van der Waals surface area contributed by atoms with Crippen LogP contribution in [-0.2, 0) is 10.8 Å². The number of nitrogens with zero attached hydrogens (tertiary/aromatic N) is 1. The van der Waals surface area contributed by atoms with Gasteiger partial charge in [0.1, 0.15) is 11.5 Å². The number of fused-ring (bicyclic) bond motifs is 4. The van der Waals surface area contributed by atoms with Gasteiger partial charge >= 0.3 is 0 Å². The Morgan fingerprint density at radius 3 is 2.24 bits per heavy atom. The lowest BCUT2D eigenvalue weighted by atomic mass is 9.76. The third kappa shape index (κ3) is 3.67. The van der Waals surface area contributed by atoms with Gasteiger partial charge in [-0.05, 0) is 95.8 Å². The highest BCUT2D eigenvalue weighted by Gasteiger charge is 2.47. The van der Waals surface area contributed by atoms with Gasteiger partial charge in [-0.15, -0.1) is 0 Å². The maximum Gasteiger partial charge on any atom is 0.127 e. The Bertz CT molecular complexity index is 1130. The summed E-state index contributed by atoms with van der Waals surface area (Å²) in [6.45, 7) is 13.9. The standard InChI is InChI=1S/C31H39NO/c1-19-15-20-16-27-26(18-25(20)29(19)32(7)8)24-14-13-23(17-28(24)31(27,5)6)33-22-11-9-21(10-12-22)30(2,3)4/h9-14,16-20,25,29H,15H2,1-8H3. The van der Waals surface area contributed by atoms with Gasteiger partial charge in [0.15, 0.2) is 0 Å². The van der Waals surface area contributed by atoms with Crippen molar-refractivity contribution in [3.63, 3.8) is 0 Å². The van der Waals surface area contributed by atoms with Gasteiger partial charge in [-0.3, -0.25) is 0 Å². The van der Waals surface area contributed by atoms with Crippen molar-refractivity contribution in [1.82, 2.24) is 4.90 Å². The molecule has 0 amide bonds. The van der Waals surface area contributed by atoms with Gasteiger partial charge in [0.25, 0.3) is 0 Å². The van der Waals surface area contributed by atoms with Crippen LogP contribution in [0.5, 0.6) is 11.5 Å². The largest absolute Gasteiger partial charge is 0.457 e. The van der Waals surface area contributed by atoms with Gasteiger partial charge in [0.2, 0.25) is 0 Å². The Hall–Kier alpha value is -2.32. The van der Waals surface area contributed by atoms with Crippen molar-refractivity contribution in [2.45, 2.75) is 64.8 Å². The Kier molecular flexibility index (Phi) is 5.17. The molecule has 5 rings (SSSR count). The Labute approximate surface area is 200 Å². The summed E-state index contributed by atoms with van der Waals surface area (Å²) >= 11 is 0. The van der Waals surface area contributed by atoms with Gasteiger partial charge in [0, 0.05) is 11.5 Å². The van der Waals surface area contributed by atoms with Gasteiger partial charge in [-0.1, -0.05) is 71.9 Å². The monoisotopic (exact) mass is 441 g/mol. The van der Waals surface area contributed by atoms with Gasteiger partial charge < -0.3 is 9.64 Å². The van der Waals surface area contributed by atoms with E-state index in [0.717, 1.165) is 17.4 Å². The summed E-state index contributed by atoms with van der Waals surface area (Å²) in [6, 6.07) is 15.9. The predicted molar refractivity (Wildman–Crippen MR) is 139 cm³/mol. The van der Waals surface area contributed by atoms with Crippen LogP contribution in [0.15, 0.2) is 60.2 Å². The van der Waals surface area contributed by atoms with Crippen LogP contribution in [0.3, 0.4) is 0 Å². The summed E-state index contributed by atoms with van der Waals surface area (Å²) in [4.78, 5) is 2.44. The molecule has 1 saturated carbocycles. The minimum Gasteiger partial charge on any atom is -0.457 e. The molecule has 2 nitrogen and oxygen atoms in total. The molecule has 0 aromatic heterocycles. The molecule has 0 bridgehead atoms. The number of hydrogen-bond acceptors (Lipinski definition) is 2. The zero-order chi connectivity index (χ0) is 23.7. The second-order valence-electron chi connectivity index (χ2n) is 12.3. The average Bonchev–Trinajstić information content (AvgIpc) is 3.17. The minimum atomic E-state index is 0.00103. The zero-order valence-corrected chi connectivity index (χ0v) is 21.6. The van der Waals surface area contributed by atoms with Crippen molar-refractivity contribution >= 4 is 5.57 Å². The fourth-order valence-corrected chi connectivity index (χ4v) is 6.62. The van der Waals surface area contributed by atoms with Gasteiger partial charge in [0.05, 0.1) is 0 Å². The SMILES string of the molecule is CC1CC2C=C3C(=CC2C1N(C)C)c1ccc(Oc2ccc(C(C)(C)C)cc2)cc1C3(C)C. The van der Waals surface area contributed by atoms with E-state index in [4.69, 9.17) is 4.74 Å². The lowest BCUT2D eigenvalue weighted by Crippen LogP contribution is -2.36. The first-order chi connectivity index (χ1) is 15.5. The smallest absolute Gasteiger partial charge is 0.127 e. The topological polar surface area (TPSA) is 12.5 Å². The summed E-state index contributed by atoms with van der Waals surface area (Å²) in [5, 5.41) is 0. The van der Waals surface area contributed by atoms with Gasteiger partial charge in [-0.2, -0.15) is 0 Å². The third-order valence-corrected chi connectivity index (χ3v) is 8.33. The van der Waals surface area contributed by atoms with Crippen LogP contribution in [0.25, 0.3) is 5.57 Å². The summed E-state index contributed by atoms with van der Waals surface area (Å²) in [5.41, 5.74) is 7.21. The zero-order valence-electron chi connectivity index (χ0n) is 21.6. The van der Waals surface area contributed by atoms with Crippen molar-refractivity contribution in [2.75, 3.05) is 14.1 Å². The molecular weight excluding hydrogens is 402 g/mol. The average molecular weight is 442 g/mol. The van der Waals surface area contributed by atoms with E-state index in [-0.39, 0.29) is 10.8 Å². The Balaban J connectivity index is 1.47. The van der Waals surface area contributed by atoms with Crippen LogP contribution >= 0.6 is 0 Å². The van der Waals surface area contributed by atoms with Crippen LogP contribution in [0, 0.1) is 17.8 Å². The molecular formula is C31H39NO. The lowest BCUT2D eigenvalue weighted by molar-refractivity contribution is 0.215. The fourth-order valence-electron chi connectivity index (χ4n) is 6.62. The molecule has 3 aliphatic rings. The van der Waals surface area contributed by atoms with E-state index < -0.39 is 0 Å². The number of ether oxygens (including phenoxy) is 1. The maximum absolute atomic E-state index is 6.31. The first-order valence-corrected chi connectivity index (χ1v) is 12.5. The van der Waals surface area contributed by atoms with Crippen LogP contribution in [-0.4, -0.2) is 25.0 Å². The highest BCUT2D eigenvalue weighted by atomic mass is 16.5. The molecule has 0 saturated heterocycles. The van der Waals surface area contributed by atoms with E-state index in [1.54, 1.807) is 0 Å². The molecule has 0 radical (unpaired) electrons. The summed E-state index contributed by atoms with van der Waals surface area (Å²) in [6.07, 6.45) is 6.51. The van der Waals surface area contributed by atoms with E-state index in [2.05, 4.69) is 115 Å². The fraction of sp³-hybridized carbons (Fsp3) is 0.484. The van der Waals surface area contributed by atoms with Crippen LogP contribution in [0.2, 0.25) is 0 Å². The summed E-state index contributed by atoms with van der Waals surface area (Å²) in [7, 11) is 4.48. The van der Waals surface area contributed by atoms with Crippen LogP contribution in [0.1, 0.15) is 64.7 Å². The van der Waals surface area contributed by atoms with E-state index in [9.17, 15) is 0 Å². The first-order valence-electron chi connectivity index (χ1n) is 12.5. The molecule has 0 N–H and O–H groups in total. The summed E-state index contributed by atoms with van der Waals surface area (Å²) < 4.78 is 6.31. The molecule has 1 fully saturated rings. The first kappa shape index (κ1) is 22.5. The number of hydrogen-bond donors (Lipinski definition) is 0. The molecule has 0 spiro atoms. The lowest BCUT2D eigenvalue weighted by Gasteiger charge is -2.33. The molecule has 174 valence electrons. The second kappa shape index (κ2) is 7.60. The van der Waals surface area contributed by atoms with Crippen molar-refractivity contribution in [3.8, 4) is 11.5 Å². The highest BCUT2D eigenvalue weighted by molar-refractivity contribution is 5.91. The van der Waals surface area contributed by atoms with Crippen LogP contribution in [0.4, 0.5) is 0 Å². The second-order valence-corrected chi connectivity index (χ2v) is 12.3. The quantitative estimate of drug-likeness (QED) is 0.486. The molecule has 3 aliphatic carbocycles. The molecule has 0 heterocycles. The van der Waals surface area contributed by atoms with E-state index in [1.165, 1.54) is 34.3 Å². The van der Waals surface area contributed by atoms with Crippen molar-refractivity contribution < 1.29 is 4.74 Å². The Morgan fingerprint density at radius 2 is 1.61 bits per heavy atom. The number of allylic oxidation sites excluding steroid dienone is 3. The molecule has 2 heteroatoms. The molecule has 4 atom stereocenters.